The van der Waals surface area contributed by atoms with Gasteiger partial charge in [-0.25, -0.2) is 4.39 Å². The van der Waals surface area contributed by atoms with Crippen molar-refractivity contribution in [3.63, 3.8) is 0 Å². The monoisotopic (exact) mass is 460 g/mol. The van der Waals surface area contributed by atoms with E-state index in [1.807, 2.05) is 17.0 Å². The number of aromatic amines is 2. The van der Waals surface area contributed by atoms with Gasteiger partial charge in [-0.3, -0.25) is 14.8 Å². The first-order valence-electron chi connectivity index (χ1n) is 12.1. The topological polar surface area (TPSA) is 71.3 Å². The number of hydrogen-bond donors (Lipinski definition) is 2. The molecule has 6 rings (SSSR count). The SMILES string of the molecule is O=C(c1cc2ccc(F)cc2[nH]1)N1CCC[C@H](CN2CCN(c3n[nH]c4ccccc34)CC2)C1. The highest BCUT2D eigenvalue weighted by molar-refractivity contribution is 5.98. The van der Waals surface area contributed by atoms with E-state index in [4.69, 9.17) is 0 Å². The molecular formula is C26H29FN6O. The standard InChI is InChI=1S/C26H29FN6O/c27-20-8-7-19-14-24(28-23(19)15-20)26(34)33-9-3-4-18(17-33)16-31-10-12-32(13-11-31)25-21-5-1-2-6-22(21)29-30-25/h1-2,5-8,14-15,18,28H,3-4,9-13,16-17H2,(H,29,30)/t18-/m1/s1. The number of anilines is 1. The summed E-state index contributed by atoms with van der Waals surface area (Å²) in [5.41, 5.74) is 2.28. The highest BCUT2D eigenvalue weighted by Crippen LogP contribution is 2.26. The second-order valence-corrected chi connectivity index (χ2v) is 9.55. The fraction of sp³-hybridized carbons (Fsp3) is 0.385. The minimum absolute atomic E-state index is 0.0107. The number of fused-ring (bicyclic) bond motifs is 2. The number of nitrogens with one attached hydrogen (secondary N) is 2. The Labute approximate surface area is 197 Å². The molecule has 1 atom stereocenters. The van der Waals surface area contributed by atoms with Crippen LogP contribution in [0.2, 0.25) is 0 Å². The van der Waals surface area contributed by atoms with Crippen molar-refractivity contribution >= 4 is 33.5 Å². The van der Waals surface area contributed by atoms with Crippen molar-refractivity contribution in [3.05, 3.63) is 60.0 Å². The lowest BCUT2D eigenvalue weighted by Crippen LogP contribution is -2.50. The van der Waals surface area contributed by atoms with Crippen molar-refractivity contribution in [3.8, 4) is 0 Å². The van der Waals surface area contributed by atoms with Crippen LogP contribution >= 0.6 is 0 Å². The molecule has 2 saturated heterocycles. The molecule has 2 aliphatic heterocycles. The summed E-state index contributed by atoms with van der Waals surface area (Å²) in [5.74, 6) is 1.23. The van der Waals surface area contributed by atoms with Crippen molar-refractivity contribution in [1.82, 2.24) is 25.0 Å². The van der Waals surface area contributed by atoms with E-state index in [1.54, 1.807) is 6.07 Å². The summed E-state index contributed by atoms with van der Waals surface area (Å²) in [6.07, 6.45) is 2.16. The van der Waals surface area contributed by atoms with Gasteiger partial charge in [0, 0.05) is 62.1 Å². The molecule has 176 valence electrons. The van der Waals surface area contributed by atoms with Gasteiger partial charge in [0.25, 0.3) is 5.91 Å². The smallest absolute Gasteiger partial charge is 0.270 e. The Morgan fingerprint density at radius 1 is 1.03 bits per heavy atom. The Morgan fingerprint density at radius 3 is 2.76 bits per heavy atom. The van der Waals surface area contributed by atoms with Gasteiger partial charge in [0.05, 0.1) is 5.52 Å². The molecule has 2 N–H and O–H groups in total. The normalized spacial score (nSPS) is 19.9. The maximum Gasteiger partial charge on any atom is 0.270 e. The average molecular weight is 461 g/mol. The van der Waals surface area contributed by atoms with E-state index in [2.05, 4.69) is 43.2 Å². The van der Waals surface area contributed by atoms with Crippen LogP contribution in [0.1, 0.15) is 23.3 Å². The number of benzene rings is 2. The second-order valence-electron chi connectivity index (χ2n) is 9.55. The van der Waals surface area contributed by atoms with Crippen LogP contribution in [0.3, 0.4) is 0 Å². The molecule has 34 heavy (non-hydrogen) atoms. The van der Waals surface area contributed by atoms with Crippen LogP contribution in [0.15, 0.2) is 48.5 Å². The predicted molar refractivity (Wildman–Crippen MR) is 132 cm³/mol. The number of halogens is 1. The molecule has 0 saturated carbocycles. The molecule has 0 spiro atoms. The molecule has 0 aliphatic carbocycles. The number of hydrogen-bond acceptors (Lipinski definition) is 4. The Kier molecular flexibility index (Phi) is 5.45. The van der Waals surface area contributed by atoms with E-state index >= 15 is 0 Å². The molecule has 7 nitrogen and oxygen atoms in total. The van der Waals surface area contributed by atoms with E-state index in [0.29, 0.717) is 17.1 Å². The van der Waals surface area contributed by atoms with Gasteiger partial charge < -0.3 is 14.8 Å². The third-order valence-corrected chi connectivity index (χ3v) is 7.26. The maximum absolute atomic E-state index is 13.5. The molecule has 8 heteroatoms. The van der Waals surface area contributed by atoms with Crippen LogP contribution in [0, 0.1) is 11.7 Å². The highest BCUT2D eigenvalue weighted by atomic mass is 19.1. The van der Waals surface area contributed by atoms with E-state index in [0.717, 1.165) is 75.4 Å². The Hall–Kier alpha value is -3.39. The third kappa shape index (κ3) is 4.03. The molecule has 2 aromatic heterocycles. The lowest BCUT2D eigenvalue weighted by Gasteiger charge is -2.39. The number of carbonyl (C=O) groups excluding carboxylic acids is 1. The van der Waals surface area contributed by atoms with Crippen molar-refractivity contribution < 1.29 is 9.18 Å². The van der Waals surface area contributed by atoms with Gasteiger partial charge in [0.15, 0.2) is 5.82 Å². The van der Waals surface area contributed by atoms with Gasteiger partial charge in [-0.15, -0.1) is 0 Å². The van der Waals surface area contributed by atoms with Crippen LogP contribution in [0.5, 0.6) is 0 Å². The second kappa shape index (κ2) is 8.76. The van der Waals surface area contributed by atoms with Crippen molar-refractivity contribution in [2.45, 2.75) is 12.8 Å². The molecular weight excluding hydrogens is 431 g/mol. The van der Waals surface area contributed by atoms with Crippen LogP contribution < -0.4 is 4.90 Å². The molecule has 2 fully saturated rings. The number of para-hydroxylation sites is 1. The summed E-state index contributed by atoms with van der Waals surface area (Å²) < 4.78 is 13.5. The van der Waals surface area contributed by atoms with Crippen LogP contribution in [-0.4, -0.2) is 76.7 Å². The van der Waals surface area contributed by atoms with Gasteiger partial charge >= 0.3 is 0 Å². The number of likely N-dealkylation sites (tertiary alicyclic amines) is 1. The lowest BCUT2D eigenvalue weighted by molar-refractivity contribution is 0.0632. The Bertz CT molecular complexity index is 1320. The first kappa shape index (κ1) is 21.2. The maximum atomic E-state index is 13.5. The molecule has 0 unspecified atom stereocenters. The summed E-state index contributed by atoms with van der Waals surface area (Å²) in [6, 6.07) is 14.7. The summed E-state index contributed by atoms with van der Waals surface area (Å²) >= 11 is 0. The number of rotatable bonds is 4. The van der Waals surface area contributed by atoms with Crippen LogP contribution in [0.4, 0.5) is 10.2 Å². The van der Waals surface area contributed by atoms with Crippen LogP contribution in [-0.2, 0) is 0 Å². The predicted octanol–water partition coefficient (Wildman–Crippen LogP) is 3.86. The molecule has 1 amide bonds. The van der Waals surface area contributed by atoms with E-state index < -0.39 is 0 Å². The zero-order valence-corrected chi connectivity index (χ0v) is 19.1. The minimum Gasteiger partial charge on any atom is -0.352 e. The number of carbonyl (C=O) groups is 1. The van der Waals surface area contributed by atoms with E-state index in [9.17, 15) is 9.18 Å². The van der Waals surface area contributed by atoms with Gasteiger partial charge in [-0.1, -0.05) is 12.1 Å². The molecule has 4 aromatic rings. The number of piperazine rings is 1. The van der Waals surface area contributed by atoms with Gasteiger partial charge in [-0.05, 0) is 55.2 Å². The fourth-order valence-electron chi connectivity index (χ4n) is 5.48. The Balaban J connectivity index is 1.06. The molecule has 0 radical (unpaired) electrons. The summed E-state index contributed by atoms with van der Waals surface area (Å²) in [4.78, 5) is 23.1. The fourth-order valence-corrected chi connectivity index (χ4v) is 5.48. The first-order chi connectivity index (χ1) is 16.6. The van der Waals surface area contributed by atoms with Crippen molar-refractivity contribution in [2.75, 3.05) is 50.7 Å². The number of piperidine rings is 1. The number of H-pyrrole nitrogens is 2. The third-order valence-electron chi connectivity index (χ3n) is 7.26. The zero-order valence-electron chi connectivity index (χ0n) is 19.1. The molecule has 2 aliphatic rings. The summed E-state index contributed by atoms with van der Waals surface area (Å²) in [5, 5.41) is 9.73. The molecule has 4 heterocycles. The molecule has 0 bridgehead atoms. The molecule has 2 aromatic carbocycles. The van der Waals surface area contributed by atoms with Crippen molar-refractivity contribution in [1.29, 1.82) is 0 Å². The first-order valence-corrected chi connectivity index (χ1v) is 12.1. The minimum atomic E-state index is -0.299. The quantitative estimate of drug-likeness (QED) is 0.485. The van der Waals surface area contributed by atoms with Gasteiger partial charge in [0.1, 0.15) is 11.5 Å². The number of amides is 1. The van der Waals surface area contributed by atoms with Gasteiger partial charge in [0.2, 0.25) is 0 Å². The van der Waals surface area contributed by atoms with Gasteiger partial charge in [-0.2, -0.15) is 5.10 Å². The van der Waals surface area contributed by atoms with E-state index in [-0.39, 0.29) is 11.7 Å². The summed E-state index contributed by atoms with van der Waals surface area (Å²) in [6.45, 7) is 6.47. The summed E-state index contributed by atoms with van der Waals surface area (Å²) in [7, 11) is 0. The number of aromatic nitrogens is 3. The highest BCUT2D eigenvalue weighted by Gasteiger charge is 2.28. The van der Waals surface area contributed by atoms with E-state index in [1.165, 1.54) is 17.5 Å². The average Bonchev–Trinajstić information content (AvgIpc) is 3.48. The zero-order chi connectivity index (χ0) is 23.1. The Morgan fingerprint density at radius 2 is 1.88 bits per heavy atom. The number of nitrogens with zero attached hydrogens (tertiary/aromatic N) is 4. The van der Waals surface area contributed by atoms with Crippen molar-refractivity contribution in [2.24, 2.45) is 5.92 Å². The lowest BCUT2D eigenvalue weighted by atomic mass is 9.96. The van der Waals surface area contributed by atoms with Crippen LogP contribution in [0.25, 0.3) is 21.8 Å². The largest absolute Gasteiger partial charge is 0.352 e.